The van der Waals surface area contributed by atoms with Crippen LogP contribution in [0.2, 0.25) is 0 Å². The highest BCUT2D eigenvalue weighted by Crippen LogP contribution is 2.33. The van der Waals surface area contributed by atoms with Crippen LogP contribution in [0.25, 0.3) is 10.9 Å². The second kappa shape index (κ2) is 10.2. The third-order valence-electron chi connectivity index (χ3n) is 6.97. The molecule has 0 spiro atoms. The summed E-state index contributed by atoms with van der Waals surface area (Å²) in [7, 11) is 0. The summed E-state index contributed by atoms with van der Waals surface area (Å²) in [6, 6.07) is 15.3. The average Bonchev–Trinajstić information content (AvgIpc) is 2.84. The Kier molecular flexibility index (Phi) is 6.85. The maximum atomic E-state index is 13.9. The zero-order valence-electron chi connectivity index (χ0n) is 19.1. The number of nitrogens with one attached hydrogen (secondary N) is 1. The number of aryl methyl sites for hydroxylation is 1. The zero-order chi connectivity index (χ0) is 22.6. The van der Waals surface area contributed by atoms with Gasteiger partial charge in [0.1, 0.15) is 5.82 Å². The molecule has 1 atom stereocenters. The summed E-state index contributed by atoms with van der Waals surface area (Å²) in [6.45, 7) is 5.36. The summed E-state index contributed by atoms with van der Waals surface area (Å²) in [5, 5.41) is 15.5. The van der Waals surface area contributed by atoms with Crippen molar-refractivity contribution in [2.45, 2.75) is 38.3 Å². The fraction of sp³-hybridized carbons (Fsp3) is 0.444. The number of hydrogen-bond acceptors (Lipinski definition) is 5. The van der Waals surface area contributed by atoms with E-state index in [0.717, 1.165) is 61.2 Å². The largest absolute Gasteiger partial charge is 0.390 e. The Morgan fingerprint density at radius 3 is 2.52 bits per heavy atom. The Hall–Kier alpha value is -2.54. The molecule has 0 bridgehead atoms. The van der Waals surface area contributed by atoms with Crippen LogP contribution >= 0.6 is 0 Å². The molecule has 5 nitrogen and oxygen atoms in total. The number of aromatic nitrogens is 1. The minimum atomic E-state index is -0.450. The standard InChI is InChI=1S/C27H33FN4O/c28-24-10-4-1-7-20(24)18-31-13-15-32(16-14-31)19-21(33)17-29-27-22-8-2-5-11-25(22)30-26-12-6-3-9-23(26)27/h1-2,4-5,7-8,10-11,21,33H,3,6,9,12-19H2,(H,29,30). The first kappa shape index (κ1) is 22.3. The molecule has 5 rings (SSSR count). The van der Waals surface area contributed by atoms with Crippen LogP contribution in [0.3, 0.4) is 0 Å². The molecule has 174 valence electrons. The Bertz CT molecular complexity index is 1100. The summed E-state index contributed by atoms with van der Waals surface area (Å²) in [5.74, 6) is -0.132. The fourth-order valence-corrected chi connectivity index (χ4v) is 5.15. The molecule has 0 radical (unpaired) electrons. The average molecular weight is 449 g/mol. The van der Waals surface area contributed by atoms with Crippen LogP contribution in [0.15, 0.2) is 48.5 Å². The third kappa shape index (κ3) is 5.18. The number of para-hydroxylation sites is 1. The van der Waals surface area contributed by atoms with Gasteiger partial charge in [0.2, 0.25) is 0 Å². The molecule has 2 aromatic carbocycles. The van der Waals surface area contributed by atoms with Gasteiger partial charge in [-0.25, -0.2) is 4.39 Å². The summed E-state index contributed by atoms with van der Waals surface area (Å²) < 4.78 is 13.9. The van der Waals surface area contributed by atoms with Crippen LogP contribution in [-0.4, -0.2) is 65.3 Å². The van der Waals surface area contributed by atoms with Gasteiger partial charge < -0.3 is 10.4 Å². The van der Waals surface area contributed by atoms with Gasteiger partial charge in [-0.15, -0.1) is 0 Å². The van der Waals surface area contributed by atoms with Gasteiger partial charge in [0.25, 0.3) is 0 Å². The predicted molar refractivity (Wildman–Crippen MR) is 131 cm³/mol. The van der Waals surface area contributed by atoms with Gasteiger partial charge in [0.15, 0.2) is 0 Å². The van der Waals surface area contributed by atoms with Gasteiger partial charge in [-0.2, -0.15) is 0 Å². The molecular formula is C27H33FN4O. The van der Waals surface area contributed by atoms with Crippen molar-refractivity contribution in [3.63, 3.8) is 0 Å². The van der Waals surface area contributed by atoms with E-state index < -0.39 is 6.10 Å². The maximum absolute atomic E-state index is 13.9. The molecule has 1 saturated heterocycles. The smallest absolute Gasteiger partial charge is 0.127 e. The van der Waals surface area contributed by atoms with Crippen molar-refractivity contribution in [2.75, 3.05) is 44.6 Å². The normalized spacial score (nSPS) is 18.2. The van der Waals surface area contributed by atoms with Gasteiger partial charge in [-0.1, -0.05) is 36.4 Å². The quantitative estimate of drug-likeness (QED) is 0.575. The number of hydrogen-bond donors (Lipinski definition) is 2. The predicted octanol–water partition coefficient (Wildman–Crippen LogP) is 3.84. The molecule has 1 unspecified atom stereocenters. The minimum Gasteiger partial charge on any atom is -0.390 e. The summed E-state index contributed by atoms with van der Waals surface area (Å²) in [5.41, 5.74) is 5.48. The second-order valence-electron chi connectivity index (χ2n) is 9.34. The van der Waals surface area contributed by atoms with Crippen LogP contribution in [0, 0.1) is 5.82 Å². The van der Waals surface area contributed by atoms with Crippen LogP contribution in [0.4, 0.5) is 10.1 Å². The molecule has 1 aliphatic heterocycles. The molecule has 1 aliphatic carbocycles. The number of benzene rings is 2. The Labute approximate surface area is 195 Å². The number of aliphatic hydroxyl groups excluding tert-OH is 1. The van der Waals surface area contributed by atoms with Gasteiger partial charge in [-0.05, 0) is 43.4 Å². The molecule has 33 heavy (non-hydrogen) atoms. The lowest BCUT2D eigenvalue weighted by atomic mass is 9.92. The highest BCUT2D eigenvalue weighted by molar-refractivity contribution is 5.93. The lowest BCUT2D eigenvalue weighted by Crippen LogP contribution is -2.49. The molecule has 6 heteroatoms. The van der Waals surface area contributed by atoms with E-state index in [1.54, 1.807) is 6.07 Å². The van der Waals surface area contributed by atoms with Gasteiger partial charge in [0.05, 0.1) is 11.6 Å². The Morgan fingerprint density at radius 1 is 0.939 bits per heavy atom. The van der Waals surface area contributed by atoms with Crippen LogP contribution in [0.5, 0.6) is 0 Å². The van der Waals surface area contributed by atoms with E-state index in [1.807, 2.05) is 18.2 Å². The van der Waals surface area contributed by atoms with Gasteiger partial charge in [0, 0.05) is 68.1 Å². The summed E-state index contributed by atoms with van der Waals surface area (Å²) >= 11 is 0. The maximum Gasteiger partial charge on any atom is 0.127 e. The summed E-state index contributed by atoms with van der Waals surface area (Å²) in [4.78, 5) is 9.50. The number of fused-ring (bicyclic) bond motifs is 2. The molecule has 2 N–H and O–H groups in total. The zero-order valence-corrected chi connectivity index (χ0v) is 19.1. The van der Waals surface area contributed by atoms with E-state index in [1.165, 1.54) is 30.2 Å². The van der Waals surface area contributed by atoms with Crippen LogP contribution in [0.1, 0.15) is 29.7 Å². The number of nitrogens with zero attached hydrogens (tertiary/aromatic N) is 3. The van der Waals surface area contributed by atoms with Crippen molar-refractivity contribution >= 4 is 16.6 Å². The van der Waals surface area contributed by atoms with E-state index in [2.05, 4.69) is 33.3 Å². The van der Waals surface area contributed by atoms with E-state index in [4.69, 9.17) is 4.98 Å². The topological polar surface area (TPSA) is 51.6 Å². The monoisotopic (exact) mass is 448 g/mol. The fourth-order valence-electron chi connectivity index (χ4n) is 5.15. The van der Waals surface area contributed by atoms with Gasteiger partial charge >= 0.3 is 0 Å². The number of pyridine rings is 1. The minimum absolute atomic E-state index is 0.132. The van der Waals surface area contributed by atoms with Crippen LogP contribution < -0.4 is 5.32 Å². The molecule has 2 heterocycles. The number of β-amino-alcohol motifs (C(OH)–C–C–N with tert-alkyl or cyclic N) is 1. The molecule has 3 aromatic rings. The van der Waals surface area contributed by atoms with Crippen molar-refractivity contribution in [3.8, 4) is 0 Å². The number of halogens is 1. The second-order valence-corrected chi connectivity index (χ2v) is 9.34. The van der Waals surface area contributed by atoms with Crippen molar-refractivity contribution < 1.29 is 9.50 Å². The first-order valence-electron chi connectivity index (χ1n) is 12.2. The van der Waals surface area contributed by atoms with Crippen molar-refractivity contribution in [1.82, 2.24) is 14.8 Å². The molecule has 0 saturated carbocycles. The Morgan fingerprint density at radius 2 is 1.67 bits per heavy atom. The molecule has 1 fully saturated rings. The van der Waals surface area contributed by atoms with Crippen LogP contribution in [-0.2, 0) is 19.4 Å². The highest BCUT2D eigenvalue weighted by atomic mass is 19.1. The van der Waals surface area contributed by atoms with E-state index >= 15 is 0 Å². The molecule has 1 aromatic heterocycles. The first-order chi connectivity index (χ1) is 16.2. The van der Waals surface area contributed by atoms with E-state index in [0.29, 0.717) is 19.6 Å². The molecule has 0 amide bonds. The first-order valence-corrected chi connectivity index (χ1v) is 12.2. The Balaban J connectivity index is 1.16. The third-order valence-corrected chi connectivity index (χ3v) is 6.97. The van der Waals surface area contributed by atoms with Crippen molar-refractivity contribution in [2.24, 2.45) is 0 Å². The molecule has 2 aliphatic rings. The SMILES string of the molecule is OC(CNc1c2c(nc3ccccc13)CCCC2)CN1CCN(Cc2ccccc2F)CC1. The van der Waals surface area contributed by atoms with Crippen molar-refractivity contribution in [3.05, 3.63) is 71.2 Å². The lowest BCUT2D eigenvalue weighted by molar-refractivity contribution is 0.0752. The number of anilines is 1. The van der Waals surface area contributed by atoms with E-state index in [9.17, 15) is 9.50 Å². The highest BCUT2D eigenvalue weighted by Gasteiger charge is 2.22. The summed E-state index contributed by atoms with van der Waals surface area (Å²) in [6.07, 6.45) is 4.03. The number of aliphatic hydroxyl groups is 1. The van der Waals surface area contributed by atoms with Gasteiger partial charge in [-0.3, -0.25) is 14.8 Å². The number of piperazine rings is 1. The van der Waals surface area contributed by atoms with E-state index in [-0.39, 0.29) is 5.82 Å². The van der Waals surface area contributed by atoms with Crippen molar-refractivity contribution in [1.29, 1.82) is 0 Å². The lowest BCUT2D eigenvalue weighted by Gasteiger charge is -2.35. The molecular weight excluding hydrogens is 415 g/mol. The number of rotatable bonds is 7.